The van der Waals surface area contributed by atoms with Crippen LogP contribution in [0.15, 0.2) is 6.33 Å². The maximum atomic E-state index is 11.5. The first-order chi connectivity index (χ1) is 8.96. The van der Waals surface area contributed by atoms with Crippen LogP contribution in [-0.4, -0.2) is 35.9 Å². The van der Waals surface area contributed by atoms with Crippen LogP contribution >= 0.6 is 11.3 Å². The number of aryl methyl sites for hydroxylation is 2. The molecule has 19 heavy (non-hydrogen) atoms. The molecule has 1 N–H and O–H groups in total. The molecule has 1 atom stereocenters. The molecule has 3 heterocycles. The molecule has 0 spiro atoms. The first-order valence-electron chi connectivity index (χ1n) is 6.14. The van der Waals surface area contributed by atoms with Crippen LogP contribution in [0, 0.1) is 13.8 Å². The number of fused-ring (bicyclic) bond motifs is 1. The van der Waals surface area contributed by atoms with Crippen LogP contribution in [0.4, 0.5) is 5.82 Å². The fourth-order valence-corrected chi connectivity index (χ4v) is 5.06. The van der Waals surface area contributed by atoms with Gasteiger partial charge in [-0.05, 0) is 25.8 Å². The number of hydrogen-bond acceptors (Lipinski definition) is 6. The van der Waals surface area contributed by atoms with Crippen LogP contribution in [0.1, 0.15) is 16.9 Å². The molecule has 0 bridgehead atoms. The third-order valence-electron chi connectivity index (χ3n) is 3.54. The molecule has 1 fully saturated rings. The fraction of sp³-hybridized carbons (Fsp3) is 0.500. The second-order valence-corrected chi connectivity index (χ2v) is 8.36. The van der Waals surface area contributed by atoms with E-state index < -0.39 is 9.84 Å². The predicted molar refractivity (Wildman–Crippen MR) is 77.6 cm³/mol. The van der Waals surface area contributed by atoms with Crippen LogP contribution in [0.3, 0.4) is 0 Å². The molecule has 3 rings (SSSR count). The number of rotatable bonds is 2. The topological polar surface area (TPSA) is 72.0 Å². The normalized spacial score (nSPS) is 21.9. The Balaban J connectivity index is 1.97. The lowest BCUT2D eigenvalue weighted by molar-refractivity contribution is 0.602. The number of thiophene rings is 1. The van der Waals surface area contributed by atoms with E-state index in [1.807, 2.05) is 6.92 Å². The Kier molecular flexibility index (Phi) is 2.98. The monoisotopic (exact) mass is 297 g/mol. The fourth-order valence-electron chi connectivity index (χ4n) is 2.39. The van der Waals surface area contributed by atoms with Gasteiger partial charge in [-0.2, -0.15) is 0 Å². The number of anilines is 1. The molecule has 0 radical (unpaired) electrons. The number of aromatic nitrogens is 2. The Morgan fingerprint density at radius 2 is 2.16 bits per heavy atom. The Labute approximate surface area is 116 Å². The molecule has 0 aliphatic carbocycles. The summed E-state index contributed by atoms with van der Waals surface area (Å²) in [7, 11) is -2.88. The van der Waals surface area contributed by atoms with Gasteiger partial charge in [-0.15, -0.1) is 11.3 Å². The Morgan fingerprint density at radius 3 is 2.84 bits per heavy atom. The van der Waals surface area contributed by atoms with E-state index in [2.05, 4.69) is 22.2 Å². The maximum absolute atomic E-state index is 11.5. The lowest BCUT2D eigenvalue weighted by Crippen LogP contribution is -2.21. The van der Waals surface area contributed by atoms with Crippen LogP contribution in [-0.2, 0) is 9.84 Å². The molecule has 102 valence electrons. The summed E-state index contributed by atoms with van der Waals surface area (Å²) in [6.07, 6.45) is 2.18. The van der Waals surface area contributed by atoms with Crippen molar-refractivity contribution in [2.45, 2.75) is 26.3 Å². The molecule has 0 saturated carbocycles. The second-order valence-electron chi connectivity index (χ2n) is 4.93. The van der Waals surface area contributed by atoms with Crippen molar-refractivity contribution in [2.24, 2.45) is 0 Å². The highest BCUT2D eigenvalue weighted by Gasteiger charge is 2.28. The molecule has 1 saturated heterocycles. The quantitative estimate of drug-likeness (QED) is 0.916. The van der Waals surface area contributed by atoms with Gasteiger partial charge in [-0.3, -0.25) is 0 Å². The van der Waals surface area contributed by atoms with Crippen molar-refractivity contribution in [3.8, 4) is 0 Å². The van der Waals surface area contributed by atoms with E-state index in [-0.39, 0.29) is 17.5 Å². The molecule has 1 aliphatic rings. The summed E-state index contributed by atoms with van der Waals surface area (Å²) in [5, 5.41) is 4.29. The average molecular weight is 297 g/mol. The molecule has 2 aromatic rings. The maximum Gasteiger partial charge on any atom is 0.152 e. The Hall–Kier alpha value is -1.21. The summed E-state index contributed by atoms with van der Waals surface area (Å²) < 4.78 is 23.0. The van der Waals surface area contributed by atoms with E-state index in [1.54, 1.807) is 11.3 Å². The summed E-state index contributed by atoms with van der Waals surface area (Å²) in [4.78, 5) is 10.7. The minimum atomic E-state index is -2.88. The molecule has 5 nitrogen and oxygen atoms in total. The van der Waals surface area contributed by atoms with Crippen molar-refractivity contribution in [2.75, 3.05) is 16.8 Å². The second kappa shape index (κ2) is 4.42. The van der Waals surface area contributed by atoms with Gasteiger partial charge in [0.05, 0.1) is 16.9 Å². The van der Waals surface area contributed by atoms with E-state index in [9.17, 15) is 8.42 Å². The lowest BCUT2D eigenvalue weighted by atomic mass is 10.2. The molecular weight excluding hydrogens is 282 g/mol. The zero-order valence-electron chi connectivity index (χ0n) is 10.8. The van der Waals surface area contributed by atoms with Crippen LogP contribution in [0.25, 0.3) is 10.2 Å². The number of nitrogens with one attached hydrogen (secondary N) is 1. The Morgan fingerprint density at radius 1 is 1.37 bits per heavy atom. The smallest absolute Gasteiger partial charge is 0.152 e. The van der Waals surface area contributed by atoms with Gasteiger partial charge in [-0.25, -0.2) is 18.4 Å². The molecule has 1 aliphatic heterocycles. The number of nitrogens with zero attached hydrogens (tertiary/aromatic N) is 2. The summed E-state index contributed by atoms with van der Waals surface area (Å²) in [5.41, 5.74) is 1.17. The highest BCUT2D eigenvalue weighted by atomic mass is 32.2. The summed E-state index contributed by atoms with van der Waals surface area (Å²) in [5.74, 6) is 1.22. The van der Waals surface area contributed by atoms with Gasteiger partial charge in [0.2, 0.25) is 0 Å². The minimum absolute atomic E-state index is 0.0392. The van der Waals surface area contributed by atoms with E-state index in [1.165, 1.54) is 16.8 Å². The predicted octanol–water partition coefficient (Wildman–Crippen LogP) is 1.91. The lowest BCUT2D eigenvalue weighted by Gasteiger charge is -2.12. The number of hydrogen-bond donors (Lipinski definition) is 1. The van der Waals surface area contributed by atoms with Crippen molar-refractivity contribution < 1.29 is 8.42 Å². The van der Waals surface area contributed by atoms with Crippen molar-refractivity contribution in [3.63, 3.8) is 0 Å². The van der Waals surface area contributed by atoms with Crippen LogP contribution in [0.2, 0.25) is 0 Å². The van der Waals surface area contributed by atoms with E-state index >= 15 is 0 Å². The SMILES string of the molecule is Cc1sc2ncnc(N[C@H]3CCS(=O)(=O)C3)c2c1C. The largest absolute Gasteiger partial charge is 0.366 e. The zero-order chi connectivity index (χ0) is 13.6. The molecule has 0 amide bonds. The number of sulfone groups is 1. The van der Waals surface area contributed by atoms with Gasteiger partial charge in [0.1, 0.15) is 17.0 Å². The summed E-state index contributed by atoms with van der Waals surface area (Å²) in [6.45, 7) is 4.11. The molecule has 0 unspecified atom stereocenters. The van der Waals surface area contributed by atoms with Gasteiger partial charge < -0.3 is 5.32 Å². The Bertz CT molecular complexity index is 737. The molecular formula is C12H15N3O2S2. The van der Waals surface area contributed by atoms with E-state index in [4.69, 9.17) is 0 Å². The first-order valence-corrected chi connectivity index (χ1v) is 8.78. The van der Waals surface area contributed by atoms with Crippen molar-refractivity contribution in [1.82, 2.24) is 9.97 Å². The molecule has 0 aromatic carbocycles. The van der Waals surface area contributed by atoms with Crippen molar-refractivity contribution in [3.05, 3.63) is 16.8 Å². The van der Waals surface area contributed by atoms with Gasteiger partial charge in [-0.1, -0.05) is 0 Å². The van der Waals surface area contributed by atoms with E-state index in [0.29, 0.717) is 6.42 Å². The highest BCUT2D eigenvalue weighted by Crippen LogP contribution is 2.33. The first kappa shape index (κ1) is 12.8. The third-order valence-corrected chi connectivity index (χ3v) is 6.42. The van der Waals surface area contributed by atoms with Gasteiger partial charge >= 0.3 is 0 Å². The van der Waals surface area contributed by atoms with Crippen LogP contribution < -0.4 is 5.32 Å². The van der Waals surface area contributed by atoms with Crippen molar-refractivity contribution in [1.29, 1.82) is 0 Å². The van der Waals surface area contributed by atoms with E-state index in [0.717, 1.165) is 16.0 Å². The van der Waals surface area contributed by atoms with Crippen LogP contribution in [0.5, 0.6) is 0 Å². The summed E-state index contributed by atoms with van der Waals surface area (Å²) >= 11 is 1.64. The van der Waals surface area contributed by atoms with Gasteiger partial charge in [0, 0.05) is 10.9 Å². The average Bonchev–Trinajstić information content (AvgIpc) is 2.81. The third kappa shape index (κ3) is 2.32. The highest BCUT2D eigenvalue weighted by molar-refractivity contribution is 7.91. The van der Waals surface area contributed by atoms with Crippen molar-refractivity contribution >= 4 is 37.2 Å². The minimum Gasteiger partial charge on any atom is -0.366 e. The standard InChI is InChI=1S/C12H15N3O2S2/c1-7-8(2)18-12-10(7)11(13-6-14-12)15-9-3-4-19(16,17)5-9/h6,9H,3-5H2,1-2H3,(H,13,14,15)/t9-/m0/s1. The zero-order valence-corrected chi connectivity index (χ0v) is 12.4. The van der Waals surface area contributed by atoms with Gasteiger partial charge in [0.25, 0.3) is 0 Å². The summed E-state index contributed by atoms with van der Waals surface area (Å²) in [6, 6.07) is -0.0392. The van der Waals surface area contributed by atoms with Gasteiger partial charge in [0.15, 0.2) is 9.84 Å². The molecule has 2 aromatic heterocycles. The molecule has 7 heteroatoms.